The van der Waals surface area contributed by atoms with Gasteiger partial charge in [-0.2, -0.15) is 5.10 Å². The average Bonchev–Trinajstić information content (AvgIpc) is 3.42. The van der Waals surface area contributed by atoms with Crippen LogP contribution < -0.4 is 5.32 Å². The molecule has 1 amide bonds. The third-order valence-electron chi connectivity index (χ3n) is 4.03. The third-order valence-corrected chi connectivity index (χ3v) is 6.70. The summed E-state index contributed by atoms with van der Waals surface area (Å²) in [6.07, 6.45) is 1.49. The first-order chi connectivity index (χ1) is 13.6. The van der Waals surface area contributed by atoms with Gasteiger partial charge in [-0.1, -0.05) is 23.9 Å². The quantitative estimate of drug-likeness (QED) is 0.416. The molecule has 4 aromatic rings. The van der Waals surface area contributed by atoms with Gasteiger partial charge in [0.15, 0.2) is 10.3 Å². The molecule has 0 aliphatic heterocycles. The predicted molar refractivity (Wildman–Crippen MR) is 115 cm³/mol. The summed E-state index contributed by atoms with van der Waals surface area (Å²) < 4.78 is 0. The van der Waals surface area contributed by atoms with Gasteiger partial charge in [0.1, 0.15) is 6.33 Å². The lowest BCUT2D eigenvalue weighted by Crippen LogP contribution is -2.11. The van der Waals surface area contributed by atoms with E-state index in [9.17, 15) is 4.79 Å². The predicted octanol–water partition coefficient (Wildman–Crippen LogP) is 5.15. The van der Waals surface area contributed by atoms with Crippen LogP contribution in [0.2, 0.25) is 0 Å². The number of carbonyl (C=O) groups is 1. The monoisotopic (exact) mass is 427 g/mol. The molecular formula is C19H17N5OS3. The molecule has 0 radical (unpaired) electrons. The van der Waals surface area contributed by atoms with E-state index in [1.807, 2.05) is 29.6 Å². The van der Waals surface area contributed by atoms with Crippen molar-refractivity contribution in [3.05, 3.63) is 62.9 Å². The molecule has 9 heteroatoms. The van der Waals surface area contributed by atoms with Crippen molar-refractivity contribution in [3.63, 3.8) is 0 Å². The second kappa shape index (κ2) is 8.26. The first-order valence-electron chi connectivity index (χ1n) is 8.50. The van der Waals surface area contributed by atoms with Crippen molar-refractivity contribution >= 4 is 45.5 Å². The largest absolute Gasteiger partial charge is 0.298 e. The Morgan fingerprint density at radius 1 is 1.25 bits per heavy atom. The van der Waals surface area contributed by atoms with E-state index < -0.39 is 0 Å². The van der Waals surface area contributed by atoms with Crippen LogP contribution in [0, 0.1) is 13.8 Å². The Morgan fingerprint density at radius 3 is 2.75 bits per heavy atom. The van der Waals surface area contributed by atoms with E-state index in [1.165, 1.54) is 27.4 Å². The Labute approximate surface area is 174 Å². The summed E-state index contributed by atoms with van der Waals surface area (Å²) in [5.41, 5.74) is 3.75. The Bertz CT molecular complexity index is 1080. The van der Waals surface area contributed by atoms with Gasteiger partial charge in [0, 0.05) is 32.0 Å². The Kier molecular flexibility index (Phi) is 5.56. The van der Waals surface area contributed by atoms with Crippen LogP contribution in [0.3, 0.4) is 0 Å². The topological polar surface area (TPSA) is 83.6 Å². The minimum absolute atomic E-state index is 0.159. The SMILES string of the molecule is Cc1cc(-c2csc(NC(=O)c3ccc(CSc4ncn[nH]4)cc3)n2)c(C)s1. The molecule has 4 rings (SSSR count). The standard InChI is InChI=1S/C19H17N5OS3/c1-11-7-15(12(2)28-11)16-9-27-19(22-16)23-17(25)14-5-3-13(4-6-14)8-26-18-20-10-21-24-18/h3-7,9-10H,8H2,1-2H3,(H,20,21,24)(H,22,23,25). The zero-order valence-corrected chi connectivity index (χ0v) is 17.7. The van der Waals surface area contributed by atoms with E-state index in [0.717, 1.165) is 27.7 Å². The van der Waals surface area contributed by atoms with Crippen LogP contribution in [0.25, 0.3) is 11.3 Å². The highest BCUT2D eigenvalue weighted by Gasteiger charge is 2.13. The van der Waals surface area contributed by atoms with Gasteiger partial charge >= 0.3 is 0 Å². The van der Waals surface area contributed by atoms with Gasteiger partial charge < -0.3 is 0 Å². The summed E-state index contributed by atoms with van der Waals surface area (Å²) >= 11 is 4.75. The van der Waals surface area contributed by atoms with Gasteiger partial charge in [-0.15, -0.1) is 22.7 Å². The lowest BCUT2D eigenvalue weighted by molar-refractivity contribution is 0.102. The van der Waals surface area contributed by atoms with Crippen LogP contribution in [-0.2, 0) is 5.75 Å². The number of thiophene rings is 1. The van der Waals surface area contributed by atoms with E-state index in [1.54, 1.807) is 23.1 Å². The van der Waals surface area contributed by atoms with Gasteiger partial charge in [0.25, 0.3) is 5.91 Å². The second-order valence-electron chi connectivity index (χ2n) is 6.10. The van der Waals surface area contributed by atoms with Crippen LogP contribution in [-0.4, -0.2) is 26.1 Å². The molecule has 0 aliphatic carbocycles. The number of rotatable bonds is 6. The molecule has 0 atom stereocenters. The zero-order chi connectivity index (χ0) is 19.5. The van der Waals surface area contributed by atoms with E-state index in [4.69, 9.17) is 0 Å². The number of aryl methyl sites for hydroxylation is 2. The van der Waals surface area contributed by atoms with Gasteiger partial charge in [0.05, 0.1) is 5.69 Å². The first-order valence-corrected chi connectivity index (χ1v) is 11.2. The van der Waals surface area contributed by atoms with E-state index in [0.29, 0.717) is 10.7 Å². The molecule has 3 aromatic heterocycles. The molecule has 0 saturated carbocycles. The van der Waals surface area contributed by atoms with Crippen molar-refractivity contribution in [1.29, 1.82) is 0 Å². The maximum atomic E-state index is 12.5. The molecule has 3 heterocycles. The van der Waals surface area contributed by atoms with Crippen molar-refractivity contribution < 1.29 is 4.79 Å². The van der Waals surface area contributed by atoms with E-state index >= 15 is 0 Å². The molecule has 28 heavy (non-hydrogen) atoms. The molecule has 0 bridgehead atoms. The number of aromatic nitrogens is 4. The lowest BCUT2D eigenvalue weighted by Gasteiger charge is -2.04. The molecule has 2 N–H and O–H groups in total. The fraction of sp³-hybridized carbons (Fsp3) is 0.158. The summed E-state index contributed by atoms with van der Waals surface area (Å²) in [6, 6.07) is 9.68. The van der Waals surface area contributed by atoms with Gasteiger partial charge in [-0.05, 0) is 37.6 Å². The fourth-order valence-electron chi connectivity index (χ4n) is 2.68. The number of hydrogen-bond acceptors (Lipinski definition) is 7. The Morgan fingerprint density at radius 2 is 2.07 bits per heavy atom. The molecule has 0 aliphatic rings. The fourth-order valence-corrected chi connectivity index (χ4v) is 5.05. The maximum Gasteiger partial charge on any atom is 0.257 e. The highest BCUT2D eigenvalue weighted by atomic mass is 32.2. The number of hydrogen-bond donors (Lipinski definition) is 2. The molecule has 1 aromatic carbocycles. The number of nitrogens with zero attached hydrogens (tertiary/aromatic N) is 3. The molecule has 0 saturated heterocycles. The summed E-state index contributed by atoms with van der Waals surface area (Å²) in [4.78, 5) is 23.7. The molecule has 6 nitrogen and oxygen atoms in total. The molecule has 0 spiro atoms. The van der Waals surface area contributed by atoms with Gasteiger partial charge in [-0.3, -0.25) is 15.2 Å². The van der Waals surface area contributed by atoms with Crippen molar-refractivity contribution in [2.45, 2.75) is 24.8 Å². The molecule has 0 fully saturated rings. The zero-order valence-electron chi connectivity index (χ0n) is 15.2. The number of benzene rings is 1. The number of thiazole rings is 1. The van der Waals surface area contributed by atoms with Crippen LogP contribution in [0.15, 0.2) is 47.2 Å². The number of H-pyrrole nitrogens is 1. The van der Waals surface area contributed by atoms with E-state index in [2.05, 4.69) is 45.4 Å². The second-order valence-corrected chi connectivity index (χ2v) is 9.38. The lowest BCUT2D eigenvalue weighted by atomic mass is 10.1. The van der Waals surface area contributed by atoms with Crippen molar-refractivity contribution in [2.75, 3.05) is 5.32 Å². The van der Waals surface area contributed by atoms with Crippen molar-refractivity contribution in [1.82, 2.24) is 20.2 Å². The van der Waals surface area contributed by atoms with Crippen LogP contribution in [0.1, 0.15) is 25.7 Å². The van der Waals surface area contributed by atoms with E-state index in [-0.39, 0.29) is 5.91 Å². The number of aromatic amines is 1. The van der Waals surface area contributed by atoms with Crippen LogP contribution in [0.4, 0.5) is 5.13 Å². The highest BCUT2D eigenvalue weighted by molar-refractivity contribution is 7.98. The first kappa shape index (κ1) is 18.9. The minimum Gasteiger partial charge on any atom is -0.298 e. The molecular weight excluding hydrogens is 410 g/mol. The number of anilines is 1. The number of amides is 1. The van der Waals surface area contributed by atoms with Crippen molar-refractivity contribution in [3.8, 4) is 11.3 Å². The highest BCUT2D eigenvalue weighted by Crippen LogP contribution is 2.32. The summed E-state index contributed by atoms with van der Waals surface area (Å²) in [5, 5.41) is 12.9. The van der Waals surface area contributed by atoms with Crippen molar-refractivity contribution in [2.24, 2.45) is 0 Å². The Hall–Kier alpha value is -2.49. The third kappa shape index (κ3) is 4.32. The smallest absolute Gasteiger partial charge is 0.257 e. The van der Waals surface area contributed by atoms with Crippen LogP contribution in [0.5, 0.6) is 0 Å². The van der Waals surface area contributed by atoms with Crippen LogP contribution >= 0.6 is 34.4 Å². The summed E-state index contributed by atoms with van der Waals surface area (Å²) in [7, 11) is 0. The minimum atomic E-state index is -0.159. The normalized spacial score (nSPS) is 10.9. The van der Waals surface area contributed by atoms with Gasteiger partial charge in [0.2, 0.25) is 0 Å². The number of carbonyl (C=O) groups excluding carboxylic acids is 1. The summed E-state index contributed by atoms with van der Waals surface area (Å²) in [5.74, 6) is 0.598. The number of thioether (sulfide) groups is 1. The Balaban J connectivity index is 1.39. The molecule has 142 valence electrons. The average molecular weight is 428 g/mol. The molecule has 0 unspecified atom stereocenters. The number of nitrogens with one attached hydrogen (secondary N) is 2. The maximum absolute atomic E-state index is 12.5. The van der Waals surface area contributed by atoms with Gasteiger partial charge in [-0.25, -0.2) is 9.97 Å². The summed E-state index contributed by atoms with van der Waals surface area (Å²) in [6.45, 7) is 4.18.